The molecule has 3 aromatic rings. The van der Waals surface area contributed by atoms with Crippen LogP contribution in [-0.2, 0) is 9.84 Å². The lowest BCUT2D eigenvalue weighted by Gasteiger charge is -2.13. The topological polar surface area (TPSA) is 126 Å². The van der Waals surface area contributed by atoms with E-state index in [9.17, 15) is 18.3 Å². The predicted octanol–water partition coefficient (Wildman–Crippen LogP) is 4.09. The summed E-state index contributed by atoms with van der Waals surface area (Å²) in [6.45, 7) is 5.46. The lowest BCUT2D eigenvalue weighted by molar-refractivity contribution is 0.103. The van der Waals surface area contributed by atoms with Crippen molar-refractivity contribution in [1.82, 2.24) is 14.8 Å². The van der Waals surface area contributed by atoms with E-state index in [2.05, 4.69) is 36.6 Å². The summed E-state index contributed by atoms with van der Waals surface area (Å²) in [5.74, 6) is 0.569. The smallest absolute Gasteiger partial charge is 0.267 e. The minimum Gasteiger partial charge on any atom is -0.508 e. The summed E-state index contributed by atoms with van der Waals surface area (Å²) in [5, 5.41) is 21.0. The summed E-state index contributed by atoms with van der Waals surface area (Å²) in [4.78, 5) is 17.4. The van der Waals surface area contributed by atoms with Gasteiger partial charge in [0, 0.05) is 21.8 Å². The number of aromatic hydroxyl groups is 1. The van der Waals surface area contributed by atoms with Gasteiger partial charge in [-0.05, 0) is 38.8 Å². The summed E-state index contributed by atoms with van der Waals surface area (Å²) in [5.41, 5.74) is 2.79. The molecule has 3 heterocycles. The van der Waals surface area contributed by atoms with E-state index >= 15 is 0 Å². The zero-order chi connectivity index (χ0) is 23.2. The third kappa shape index (κ3) is 4.52. The van der Waals surface area contributed by atoms with E-state index in [4.69, 9.17) is 0 Å². The Bertz CT molecular complexity index is 1290. The Hall–Kier alpha value is -2.44. The lowest BCUT2D eigenvalue weighted by atomic mass is 10.1. The predicted molar refractivity (Wildman–Crippen MR) is 128 cm³/mol. The average Bonchev–Trinajstić information content (AvgIpc) is 3.42. The summed E-state index contributed by atoms with van der Waals surface area (Å²) in [7, 11) is -3.01. The zero-order valence-corrected chi connectivity index (χ0v) is 20.9. The molecule has 1 aliphatic heterocycles. The highest BCUT2D eigenvalue weighted by Gasteiger charge is 2.30. The van der Waals surface area contributed by atoms with Gasteiger partial charge in [-0.3, -0.25) is 9.48 Å². The van der Waals surface area contributed by atoms with Gasteiger partial charge in [0.2, 0.25) is 0 Å². The number of hydrogen-bond donors (Lipinski definition) is 3. The summed E-state index contributed by atoms with van der Waals surface area (Å²) < 4.78 is 26.0. The molecule has 1 amide bonds. The van der Waals surface area contributed by atoms with Crippen molar-refractivity contribution < 1.29 is 18.3 Å². The number of phenolic OH excluding ortho intramolecular Hbond substituents is 1. The molecule has 1 saturated heterocycles. The minimum absolute atomic E-state index is 0.0884. The van der Waals surface area contributed by atoms with Crippen LogP contribution < -0.4 is 10.6 Å². The average molecular weight is 540 g/mol. The number of nitrogens with zero attached hydrogens (tertiary/aromatic N) is 3. The summed E-state index contributed by atoms with van der Waals surface area (Å²) in [6.07, 6.45) is 2.02. The molecule has 4 rings (SSSR count). The van der Waals surface area contributed by atoms with Gasteiger partial charge in [0.1, 0.15) is 10.6 Å². The molecule has 1 aliphatic rings. The summed E-state index contributed by atoms with van der Waals surface area (Å²) in [6, 6.07) is 3.25. The first-order valence-corrected chi connectivity index (χ1v) is 13.3. The lowest BCUT2D eigenvalue weighted by Crippen LogP contribution is -2.13. The van der Waals surface area contributed by atoms with E-state index in [-0.39, 0.29) is 29.2 Å². The van der Waals surface area contributed by atoms with Crippen molar-refractivity contribution >= 4 is 59.6 Å². The number of hydrogen-bond acceptors (Lipinski definition) is 8. The highest BCUT2D eigenvalue weighted by atomic mass is 79.9. The van der Waals surface area contributed by atoms with Crippen molar-refractivity contribution in [2.45, 2.75) is 33.2 Å². The maximum Gasteiger partial charge on any atom is 0.267 e. The molecule has 0 aliphatic carbocycles. The van der Waals surface area contributed by atoms with Gasteiger partial charge >= 0.3 is 0 Å². The van der Waals surface area contributed by atoms with Crippen molar-refractivity contribution in [2.24, 2.45) is 0 Å². The number of phenols is 1. The van der Waals surface area contributed by atoms with Gasteiger partial charge in [-0.15, -0.1) is 0 Å². The standard InChI is InChI=1S/C20H22BrN5O4S2/c1-10-6-17(25-26(10)13-4-5-32(29,30)9-13)23-20-22-8-16(31-20)19(28)24-18-11(2)14(21)7-15(27)12(18)3/h6-8,13,27H,4-5,9H2,1-3H3,(H,24,28)(H,22,23,25). The van der Waals surface area contributed by atoms with Gasteiger partial charge in [0.15, 0.2) is 20.8 Å². The maximum atomic E-state index is 12.8. The van der Waals surface area contributed by atoms with Crippen molar-refractivity contribution in [3.63, 3.8) is 0 Å². The van der Waals surface area contributed by atoms with Crippen molar-refractivity contribution in [3.05, 3.63) is 44.5 Å². The molecule has 170 valence electrons. The van der Waals surface area contributed by atoms with Gasteiger partial charge in [-0.25, -0.2) is 13.4 Å². The minimum atomic E-state index is -3.01. The van der Waals surface area contributed by atoms with Gasteiger partial charge in [-0.1, -0.05) is 27.3 Å². The molecule has 0 spiro atoms. The Labute approximate surface area is 197 Å². The van der Waals surface area contributed by atoms with Crippen LogP contribution >= 0.6 is 27.3 Å². The number of aryl methyl sites for hydroxylation is 1. The molecule has 32 heavy (non-hydrogen) atoms. The quantitative estimate of drug-likeness (QED) is 0.445. The van der Waals surface area contributed by atoms with Gasteiger partial charge in [0.25, 0.3) is 5.91 Å². The van der Waals surface area contributed by atoms with Crippen LogP contribution in [0.15, 0.2) is 22.8 Å². The molecule has 0 saturated carbocycles. The van der Waals surface area contributed by atoms with Crippen LogP contribution in [0.5, 0.6) is 5.75 Å². The van der Waals surface area contributed by atoms with Crippen LogP contribution in [-0.4, -0.2) is 45.7 Å². The Kier molecular flexibility index (Phi) is 6.03. The number of carbonyl (C=O) groups is 1. The second-order valence-corrected chi connectivity index (χ2v) is 11.9. The Balaban J connectivity index is 1.48. The molecule has 0 radical (unpaired) electrons. The van der Waals surface area contributed by atoms with Crippen molar-refractivity contribution in [2.75, 3.05) is 22.1 Å². The number of thiazole rings is 1. The van der Waals surface area contributed by atoms with Crippen LogP contribution in [0.25, 0.3) is 0 Å². The van der Waals surface area contributed by atoms with E-state index < -0.39 is 9.84 Å². The zero-order valence-electron chi connectivity index (χ0n) is 17.6. The van der Waals surface area contributed by atoms with Gasteiger partial charge < -0.3 is 15.7 Å². The number of aromatic nitrogens is 3. The van der Waals surface area contributed by atoms with Gasteiger partial charge in [0.05, 0.1) is 29.4 Å². The second kappa shape index (κ2) is 8.49. The molecule has 12 heteroatoms. The number of sulfone groups is 1. The van der Waals surface area contributed by atoms with E-state index in [1.165, 1.54) is 17.5 Å². The fourth-order valence-corrected chi connectivity index (χ4v) is 6.49. The van der Waals surface area contributed by atoms with E-state index in [1.807, 2.05) is 19.9 Å². The molecular formula is C20H22BrN5O4S2. The number of carbonyl (C=O) groups excluding carboxylic acids is 1. The number of anilines is 3. The first-order chi connectivity index (χ1) is 15.0. The van der Waals surface area contributed by atoms with E-state index in [1.54, 1.807) is 17.7 Å². The molecular weight excluding hydrogens is 518 g/mol. The number of benzene rings is 1. The molecule has 1 atom stereocenters. The Morgan fingerprint density at radius 1 is 1.28 bits per heavy atom. The maximum absolute atomic E-state index is 12.8. The SMILES string of the molecule is Cc1c(O)cc(Br)c(C)c1NC(=O)c1cnc(Nc2cc(C)n(C3CCS(=O)(=O)C3)n2)s1. The van der Waals surface area contributed by atoms with Crippen LogP contribution in [0.4, 0.5) is 16.6 Å². The molecule has 0 bridgehead atoms. The normalized spacial score (nSPS) is 17.4. The van der Waals surface area contributed by atoms with Gasteiger partial charge in [-0.2, -0.15) is 5.10 Å². The fourth-order valence-electron chi connectivity index (χ4n) is 3.66. The Morgan fingerprint density at radius 3 is 2.72 bits per heavy atom. The molecule has 1 fully saturated rings. The van der Waals surface area contributed by atoms with Crippen LogP contribution in [0, 0.1) is 20.8 Å². The van der Waals surface area contributed by atoms with Crippen LogP contribution in [0.1, 0.15) is 39.0 Å². The molecule has 1 unspecified atom stereocenters. The van der Waals surface area contributed by atoms with Crippen LogP contribution in [0.2, 0.25) is 0 Å². The molecule has 3 N–H and O–H groups in total. The first-order valence-electron chi connectivity index (χ1n) is 9.83. The highest BCUT2D eigenvalue weighted by molar-refractivity contribution is 9.10. The largest absolute Gasteiger partial charge is 0.508 e. The highest BCUT2D eigenvalue weighted by Crippen LogP contribution is 2.35. The van der Waals surface area contributed by atoms with E-state index in [0.717, 1.165) is 11.3 Å². The molecule has 2 aromatic heterocycles. The van der Waals surface area contributed by atoms with E-state index in [0.29, 0.717) is 38.0 Å². The molecule has 1 aromatic carbocycles. The summed E-state index contributed by atoms with van der Waals surface area (Å²) >= 11 is 4.55. The van der Waals surface area contributed by atoms with Crippen molar-refractivity contribution in [3.8, 4) is 5.75 Å². The fraction of sp³-hybridized carbons (Fsp3) is 0.350. The van der Waals surface area contributed by atoms with Crippen molar-refractivity contribution in [1.29, 1.82) is 0 Å². The molecule has 9 nitrogen and oxygen atoms in total. The first kappa shape index (κ1) is 22.7. The Morgan fingerprint density at radius 2 is 2.03 bits per heavy atom. The number of halogens is 1. The monoisotopic (exact) mass is 539 g/mol. The van der Waals surface area contributed by atoms with Crippen LogP contribution in [0.3, 0.4) is 0 Å². The number of rotatable bonds is 5. The third-order valence-corrected chi connectivity index (χ3v) is 8.92. The number of amides is 1. The second-order valence-electron chi connectivity index (χ2n) is 7.78. The third-order valence-electron chi connectivity index (χ3n) is 5.44. The number of nitrogens with one attached hydrogen (secondary N) is 2.